The second-order valence-corrected chi connectivity index (χ2v) is 2.30. The first-order chi connectivity index (χ1) is 4.16. The van der Waals surface area contributed by atoms with Crippen molar-refractivity contribution in [2.75, 3.05) is 13.7 Å². The summed E-state index contributed by atoms with van der Waals surface area (Å²) in [5.74, 6) is 0. The van der Waals surface area contributed by atoms with Crippen molar-refractivity contribution in [1.29, 1.82) is 0 Å². The summed E-state index contributed by atoms with van der Waals surface area (Å²) in [6.45, 7) is 2.24. The third-order valence-electron chi connectivity index (χ3n) is 1.02. The van der Waals surface area contributed by atoms with Crippen LogP contribution in [0, 0.1) is 0 Å². The van der Waals surface area contributed by atoms with E-state index < -0.39 is 0 Å². The van der Waals surface area contributed by atoms with Gasteiger partial charge in [-0.15, -0.1) is 0 Å². The molecule has 9 heavy (non-hydrogen) atoms. The van der Waals surface area contributed by atoms with E-state index in [1.54, 1.807) is 14.0 Å². The molecule has 0 aliphatic rings. The van der Waals surface area contributed by atoms with Crippen molar-refractivity contribution >= 4 is 0 Å². The zero-order chi connectivity index (χ0) is 7.28. The van der Waals surface area contributed by atoms with Crippen LogP contribution in [0.2, 0.25) is 0 Å². The van der Waals surface area contributed by atoms with E-state index in [1.807, 2.05) is 0 Å². The predicted octanol–water partition coefficient (Wildman–Crippen LogP) is -0.269. The van der Waals surface area contributed by atoms with Gasteiger partial charge in [-0.1, -0.05) is 0 Å². The van der Waals surface area contributed by atoms with Crippen LogP contribution in [-0.2, 0) is 4.74 Å². The molecular formula is C6H15NO2. The highest BCUT2D eigenvalue weighted by atomic mass is 16.5. The van der Waals surface area contributed by atoms with Crippen LogP contribution < -0.4 is 5.73 Å². The van der Waals surface area contributed by atoms with Gasteiger partial charge in [-0.3, -0.25) is 0 Å². The molecule has 0 aliphatic heterocycles. The van der Waals surface area contributed by atoms with Crippen LogP contribution in [0.1, 0.15) is 13.3 Å². The summed E-state index contributed by atoms with van der Waals surface area (Å²) in [4.78, 5) is 0. The molecule has 0 aromatic heterocycles. The van der Waals surface area contributed by atoms with Crippen LogP contribution in [-0.4, -0.2) is 31.0 Å². The first-order valence-corrected chi connectivity index (χ1v) is 3.09. The Kier molecular flexibility index (Phi) is 4.67. The lowest BCUT2D eigenvalue weighted by Crippen LogP contribution is -2.29. The van der Waals surface area contributed by atoms with Crippen LogP contribution in [0.4, 0.5) is 0 Å². The Bertz CT molecular complexity index is 66.1. The third kappa shape index (κ3) is 5.76. The van der Waals surface area contributed by atoms with Gasteiger partial charge in [0.1, 0.15) is 0 Å². The van der Waals surface area contributed by atoms with Gasteiger partial charge < -0.3 is 15.6 Å². The van der Waals surface area contributed by atoms with Crippen LogP contribution in [0.5, 0.6) is 0 Å². The van der Waals surface area contributed by atoms with Gasteiger partial charge in [0.25, 0.3) is 0 Å². The Morgan fingerprint density at radius 3 is 2.56 bits per heavy atom. The van der Waals surface area contributed by atoms with Crippen molar-refractivity contribution in [1.82, 2.24) is 0 Å². The van der Waals surface area contributed by atoms with E-state index in [1.165, 1.54) is 0 Å². The third-order valence-corrected chi connectivity index (χ3v) is 1.02. The second kappa shape index (κ2) is 4.73. The molecule has 0 spiro atoms. The molecule has 2 atom stereocenters. The largest absolute Gasteiger partial charge is 0.393 e. The molecule has 0 aromatic rings. The average molecular weight is 133 g/mol. The van der Waals surface area contributed by atoms with E-state index in [9.17, 15) is 0 Å². The number of hydrogen-bond acceptors (Lipinski definition) is 3. The molecule has 2 unspecified atom stereocenters. The summed E-state index contributed by atoms with van der Waals surface area (Å²) in [6.07, 6.45) is 0.281. The van der Waals surface area contributed by atoms with Crippen molar-refractivity contribution < 1.29 is 9.84 Å². The van der Waals surface area contributed by atoms with Crippen LogP contribution >= 0.6 is 0 Å². The fourth-order valence-electron chi connectivity index (χ4n) is 0.720. The predicted molar refractivity (Wildman–Crippen MR) is 36.1 cm³/mol. The number of aliphatic hydroxyl groups excluding tert-OH is 1. The van der Waals surface area contributed by atoms with E-state index in [2.05, 4.69) is 0 Å². The summed E-state index contributed by atoms with van der Waals surface area (Å²) in [5, 5.41) is 8.81. The van der Waals surface area contributed by atoms with E-state index >= 15 is 0 Å². The van der Waals surface area contributed by atoms with Crippen molar-refractivity contribution in [3.63, 3.8) is 0 Å². The molecule has 0 rings (SSSR count). The Labute approximate surface area is 55.8 Å². The maximum absolute atomic E-state index is 8.81. The molecular weight excluding hydrogens is 118 g/mol. The van der Waals surface area contributed by atoms with Crippen LogP contribution in [0.3, 0.4) is 0 Å². The second-order valence-electron chi connectivity index (χ2n) is 2.30. The standard InChI is InChI=1S/C6H15NO2/c1-5(8)3-6(7)4-9-2/h5-6,8H,3-4,7H2,1-2H3. The SMILES string of the molecule is COCC(N)CC(C)O. The number of methoxy groups -OCH3 is 1. The molecule has 0 fully saturated rings. The fraction of sp³-hybridized carbons (Fsp3) is 1.00. The van der Waals surface area contributed by atoms with Crippen LogP contribution in [0.25, 0.3) is 0 Å². The van der Waals surface area contributed by atoms with Gasteiger partial charge in [-0.2, -0.15) is 0 Å². The normalized spacial score (nSPS) is 17.3. The Balaban J connectivity index is 3.15. The van der Waals surface area contributed by atoms with Gasteiger partial charge in [0.2, 0.25) is 0 Å². The van der Waals surface area contributed by atoms with E-state index in [0.29, 0.717) is 13.0 Å². The van der Waals surface area contributed by atoms with Crippen molar-refractivity contribution in [3.05, 3.63) is 0 Å². The molecule has 0 heterocycles. The smallest absolute Gasteiger partial charge is 0.0614 e. The number of ether oxygens (including phenoxy) is 1. The molecule has 56 valence electrons. The molecule has 0 saturated carbocycles. The maximum Gasteiger partial charge on any atom is 0.0614 e. The van der Waals surface area contributed by atoms with E-state index in [4.69, 9.17) is 15.6 Å². The van der Waals surface area contributed by atoms with Gasteiger partial charge in [0, 0.05) is 13.2 Å². The Morgan fingerprint density at radius 1 is 1.67 bits per heavy atom. The molecule has 0 aromatic carbocycles. The van der Waals surface area contributed by atoms with Crippen molar-refractivity contribution in [3.8, 4) is 0 Å². The highest BCUT2D eigenvalue weighted by Gasteiger charge is 2.04. The quantitative estimate of drug-likeness (QED) is 0.555. The summed E-state index contributed by atoms with van der Waals surface area (Å²) in [5.41, 5.74) is 5.50. The zero-order valence-corrected chi connectivity index (χ0v) is 6.00. The monoisotopic (exact) mass is 133 g/mol. The molecule has 0 saturated heterocycles. The van der Waals surface area contributed by atoms with Gasteiger partial charge in [-0.05, 0) is 13.3 Å². The fourth-order valence-corrected chi connectivity index (χ4v) is 0.720. The molecule has 0 amide bonds. The lowest BCUT2D eigenvalue weighted by Gasteiger charge is -2.11. The van der Waals surface area contributed by atoms with E-state index in [-0.39, 0.29) is 12.1 Å². The van der Waals surface area contributed by atoms with Gasteiger partial charge in [0.05, 0.1) is 12.7 Å². The minimum absolute atomic E-state index is 0.0324. The number of nitrogens with two attached hydrogens (primary N) is 1. The molecule has 3 N–H and O–H groups in total. The number of aliphatic hydroxyl groups is 1. The van der Waals surface area contributed by atoms with Crippen LogP contribution in [0.15, 0.2) is 0 Å². The highest BCUT2D eigenvalue weighted by molar-refractivity contribution is 4.62. The summed E-state index contributed by atoms with van der Waals surface area (Å²) in [7, 11) is 1.60. The molecule has 0 radical (unpaired) electrons. The first-order valence-electron chi connectivity index (χ1n) is 3.09. The number of rotatable bonds is 4. The minimum atomic E-state index is -0.324. The summed E-state index contributed by atoms with van der Waals surface area (Å²) >= 11 is 0. The molecule has 0 aliphatic carbocycles. The molecule has 3 heteroatoms. The van der Waals surface area contributed by atoms with Crippen molar-refractivity contribution in [2.24, 2.45) is 5.73 Å². The van der Waals surface area contributed by atoms with Gasteiger partial charge in [0.15, 0.2) is 0 Å². The molecule has 0 bridgehead atoms. The Hall–Kier alpha value is -0.120. The topological polar surface area (TPSA) is 55.5 Å². The van der Waals surface area contributed by atoms with Gasteiger partial charge >= 0.3 is 0 Å². The summed E-state index contributed by atoms with van der Waals surface area (Å²) in [6, 6.07) is -0.0324. The van der Waals surface area contributed by atoms with E-state index in [0.717, 1.165) is 0 Å². The van der Waals surface area contributed by atoms with Gasteiger partial charge in [-0.25, -0.2) is 0 Å². The average Bonchev–Trinajstić information content (AvgIpc) is 1.63. The molecule has 3 nitrogen and oxygen atoms in total. The Morgan fingerprint density at radius 2 is 2.22 bits per heavy atom. The lowest BCUT2D eigenvalue weighted by atomic mass is 10.2. The summed E-state index contributed by atoms with van der Waals surface area (Å²) < 4.78 is 4.77. The first kappa shape index (κ1) is 8.88. The number of hydrogen-bond donors (Lipinski definition) is 2. The highest BCUT2D eigenvalue weighted by Crippen LogP contribution is 1.93. The maximum atomic E-state index is 8.81. The lowest BCUT2D eigenvalue weighted by molar-refractivity contribution is 0.132. The minimum Gasteiger partial charge on any atom is -0.393 e. The van der Waals surface area contributed by atoms with Crippen molar-refractivity contribution in [2.45, 2.75) is 25.5 Å². The zero-order valence-electron chi connectivity index (χ0n) is 6.00.